The zero-order valence-electron chi connectivity index (χ0n) is 19.3. The highest BCUT2D eigenvalue weighted by Crippen LogP contribution is 2.31. The Hall–Kier alpha value is -2.22. The van der Waals surface area contributed by atoms with Gasteiger partial charge in [-0.15, -0.1) is 10.2 Å². The molecular weight excluding hydrogens is 479 g/mol. The van der Waals surface area contributed by atoms with Crippen molar-refractivity contribution < 1.29 is 9.53 Å². The Kier molecular flexibility index (Phi) is 8.68. The maximum atomic E-state index is 12.5. The van der Waals surface area contributed by atoms with E-state index < -0.39 is 0 Å². The fourth-order valence-electron chi connectivity index (χ4n) is 3.25. The van der Waals surface area contributed by atoms with Crippen LogP contribution in [0.4, 0.5) is 5.69 Å². The van der Waals surface area contributed by atoms with Gasteiger partial charge >= 0.3 is 0 Å². The maximum absolute atomic E-state index is 12.5. The molecule has 0 fully saturated rings. The Balaban J connectivity index is 1.68. The molecule has 3 rings (SSSR count). The van der Waals surface area contributed by atoms with Crippen LogP contribution in [0.1, 0.15) is 64.1 Å². The lowest BCUT2D eigenvalue weighted by Crippen LogP contribution is -2.16. The minimum absolute atomic E-state index is 0.0947. The van der Waals surface area contributed by atoms with Gasteiger partial charge in [-0.3, -0.25) is 4.79 Å². The SMILES string of the molecule is CC(C)c1ccc(OC(C)c2nnc(SCC(=O)Nc3cccc(Cl)c3Cl)n2C(C)C)cc1. The summed E-state index contributed by atoms with van der Waals surface area (Å²) in [6.45, 7) is 10.4. The lowest BCUT2D eigenvalue weighted by atomic mass is 10.0. The van der Waals surface area contributed by atoms with Crippen molar-refractivity contribution in [1.82, 2.24) is 14.8 Å². The van der Waals surface area contributed by atoms with Gasteiger partial charge in [0.1, 0.15) is 5.75 Å². The van der Waals surface area contributed by atoms with Crippen LogP contribution in [0.25, 0.3) is 0 Å². The number of hydrogen-bond acceptors (Lipinski definition) is 5. The van der Waals surface area contributed by atoms with Gasteiger partial charge in [-0.05, 0) is 56.5 Å². The molecule has 33 heavy (non-hydrogen) atoms. The summed E-state index contributed by atoms with van der Waals surface area (Å²) in [5, 5.41) is 12.8. The van der Waals surface area contributed by atoms with Gasteiger partial charge in [-0.1, -0.05) is 67.0 Å². The highest BCUT2D eigenvalue weighted by molar-refractivity contribution is 7.99. The third kappa shape index (κ3) is 6.43. The zero-order chi connectivity index (χ0) is 24.1. The van der Waals surface area contributed by atoms with Crippen LogP contribution in [0.3, 0.4) is 0 Å². The first-order valence-corrected chi connectivity index (χ1v) is 12.5. The number of anilines is 1. The second-order valence-corrected chi connectivity index (χ2v) is 9.95. The second kappa shape index (κ2) is 11.3. The predicted octanol–water partition coefficient (Wildman–Crippen LogP) is 7.16. The van der Waals surface area contributed by atoms with Crippen molar-refractivity contribution in [2.45, 2.75) is 57.8 Å². The molecule has 9 heteroatoms. The molecule has 0 saturated heterocycles. The van der Waals surface area contributed by atoms with Gasteiger partial charge in [-0.25, -0.2) is 0 Å². The van der Waals surface area contributed by atoms with E-state index in [4.69, 9.17) is 27.9 Å². The van der Waals surface area contributed by atoms with Crippen LogP contribution in [-0.4, -0.2) is 26.4 Å². The molecule has 0 radical (unpaired) electrons. The topological polar surface area (TPSA) is 69.0 Å². The normalized spacial score (nSPS) is 12.3. The van der Waals surface area contributed by atoms with Gasteiger partial charge in [0.05, 0.1) is 21.5 Å². The molecular formula is C24H28Cl2N4O2S. The quantitative estimate of drug-likeness (QED) is 0.311. The fourth-order valence-corrected chi connectivity index (χ4v) is 4.48. The fraction of sp³-hybridized carbons (Fsp3) is 0.375. The molecule has 1 amide bonds. The van der Waals surface area contributed by atoms with Crippen molar-refractivity contribution in [3.05, 3.63) is 63.9 Å². The number of aromatic nitrogens is 3. The average Bonchev–Trinajstić information content (AvgIpc) is 3.20. The first-order valence-electron chi connectivity index (χ1n) is 10.8. The average molecular weight is 507 g/mol. The van der Waals surface area contributed by atoms with E-state index in [1.807, 2.05) is 37.5 Å². The molecule has 3 aromatic rings. The van der Waals surface area contributed by atoms with Crippen LogP contribution in [0.5, 0.6) is 5.75 Å². The van der Waals surface area contributed by atoms with Crippen LogP contribution in [-0.2, 0) is 4.79 Å². The van der Waals surface area contributed by atoms with Crippen molar-refractivity contribution in [2.75, 3.05) is 11.1 Å². The van der Waals surface area contributed by atoms with Crippen LogP contribution >= 0.6 is 35.0 Å². The van der Waals surface area contributed by atoms with E-state index in [2.05, 4.69) is 41.5 Å². The highest BCUT2D eigenvalue weighted by Gasteiger charge is 2.22. The van der Waals surface area contributed by atoms with E-state index in [1.165, 1.54) is 17.3 Å². The van der Waals surface area contributed by atoms with Gasteiger partial charge in [0.25, 0.3) is 0 Å². The summed E-state index contributed by atoms with van der Waals surface area (Å²) in [6.07, 6.45) is -0.307. The monoisotopic (exact) mass is 506 g/mol. The molecule has 1 aromatic heterocycles. The van der Waals surface area contributed by atoms with Gasteiger partial charge in [0.15, 0.2) is 17.1 Å². The summed E-state index contributed by atoms with van der Waals surface area (Å²) in [6, 6.07) is 13.3. The van der Waals surface area contributed by atoms with Gasteiger partial charge in [0, 0.05) is 6.04 Å². The first kappa shape index (κ1) is 25.4. The molecule has 0 aliphatic rings. The summed E-state index contributed by atoms with van der Waals surface area (Å²) >= 11 is 13.5. The van der Waals surface area contributed by atoms with Crippen molar-refractivity contribution >= 4 is 46.6 Å². The van der Waals surface area contributed by atoms with E-state index in [1.54, 1.807) is 18.2 Å². The molecule has 176 valence electrons. The number of nitrogens with zero attached hydrogens (tertiary/aromatic N) is 3. The summed E-state index contributed by atoms with van der Waals surface area (Å²) in [5.41, 5.74) is 1.74. The third-order valence-corrected chi connectivity index (χ3v) is 6.75. The Morgan fingerprint density at radius 1 is 1.06 bits per heavy atom. The largest absolute Gasteiger partial charge is 0.483 e. The number of nitrogens with one attached hydrogen (secondary N) is 1. The second-order valence-electron chi connectivity index (χ2n) is 8.23. The smallest absolute Gasteiger partial charge is 0.234 e. The number of halogens is 2. The van der Waals surface area contributed by atoms with Crippen molar-refractivity contribution in [3.63, 3.8) is 0 Å². The number of rotatable bonds is 9. The first-order chi connectivity index (χ1) is 15.7. The number of amides is 1. The summed E-state index contributed by atoms with van der Waals surface area (Å²) in [4.78, 5) is 12.5. The molecule has 0 bridgehead atoms. The Bertz CT molecular complexity index is 1100. The number of hydrogen-bond donors (Lipinski definition) is 1. The number of thioether (sulfide) groups is 1. The number of carbonyl (C=O) groups is 1. The zero-order valence-corrected chi connectivity index (χ0v) is 21.6. The Morgan fingerprint density at radius 2 is 1.76 bits per heavy atom. The molecule has 1 atom stereocenters. The van der Waals surface area contributed by atoms with Crippen LogP contribution < -0.4 is 10.1 Å². The lowest BCUT2D eigenvalue weighted by Gasteiger charge is -2.19. The molecule has 0 saturated carbocycles. The molecule has 6 nitrogen and oxygen atoms in total. The van der Waals surface area contributed by atoms with Crippen LogP contribution in [0, 0.1) is 0 Å². The summed E-state index contributed by atoms with van der Waals surface area (Å²) in [7, 11) is 0. The molecule has 1 unspecified atom stereocenters. The van der Waals surface area contributed by atoms with Gasteiger partial charge in [0.2, 0.25) is 5.91 Å². The van der Waals surface area contributed by atoms with Crippen molar-refractivity contribution in [1.29, 1.82) is 0 Å². The summed E-state index contributed by atoms with van der Waals surface area (Å²) < 4.78 is 8.13. The summed E-state index contributed by atoms with van der Waals surface area (Å²) in [5.74, 6) is 1.89. The Morgan fingerprint density at radius 3 is 2.39 bits per heavy atom. The molecule has 0 aliphatic carbocycles. The van der Waals surface area contributed by atoms with E-state index in [9.17, 15) is 4.79 Å². The van der Waals surface area contributed by atoms with Crippen molar-refractivity contribution in [2.24, 2.45) is 0 Å². The third-order valence-electron chi connectivity index (χ3n) is 4.99. The Labute approximate surface area is 209 Å². The predicted molar refractivity (Wildman–Crippen MR) is 136 cm³/mol. The van der Waals surface area contributed by atoms with Crippen molar-refractivity contribution in [3.8, 4) is 5.75 Å². The van der Waals surface area contributed by atoms with Gasteiger partial charge in [-0.2, -0.15) is 0 Å². The maximum Gasteiger partial charge on any atom is 0.234 e. The van der Waals surface area contributed by atoms with E-state index in [0.717, 1.165) is 5.75 Å². The van der Waals surface area contributed by atoms with Crippen LogP contribution in [0.2, 0.25) is 10.0 Å². The standard InChI is InChI=1S/C24H28Cl2N4O2S/c1-14(2)17-9-11-18(12-10-17)32-16(5)23-28-29-24(30(23)15(3)4)33-13-21(31)27-20-8-6-7-19(25)22(20)26/h6-12,14-16H,13H2,1-5H3,(H,27,31). The van der Waals surface area contributed by atoms with E-state index >= 15 is 0 Å². The highest BCUT2D eigenvalue weighted by atomic mass is 35.5. The van der Waals surface area contributed by atoms with E-state index in [-0.39, 0.29) is 23.8 Å². The molecule has 1 heterocycles. The molecule has 0 spiro atoms. The molecule has 0 aliphatic heterocycles. The minimum Gasteiger partial charge on any atom is -0.483 e. The van der Waals surface area contributed by atoms with E-state index in [0.29, 0.717) is 32.6 Å². The number of carbonyl (C=O) groups excluding carboxylic acids is 1. The minimum atomic E-state index is -0.307. The number of ether oxygens (including phenoxy) is 1. The van der Waals surface area contributed by atoms with Gasteiger partial charge < -0.3 is 14.6 Å². The molecule has 2 aromatic carbocycles. The lowest BCUT2D eigenvalue weighted by molar-refractivity contribution is -0.113. The number of benzene rings is 2. The van der Waals surface area contributed by atoms with Crippen LogP contribution in [0.15, 0.2) is 47.6 Å². The molecule has 1 N–H and O–H groups in total.